The lowest BCUT2D eigenvalue weighted by atomic mass is 10.1. The van der Waals surface area contributed by atoms with E-state index in [0.717, 1.165) is 12.3 Å². The molecule has 2 amide bonds. The van der Waals surface area contributed by atoms with E-state index in [-0.39, 0.29) is 11.8 Å². The molecule has 1 aliphatic heterocycles. The highest BCUT2D eigenvalue weighted by Crippen LogP contribution is 2.17. The zero-order chi connectivity index (χ0) is 23.8. The molecule has 6 nitrogen and oxygen atoms in total. The summed E-state index contributed by atoms with van der Waals surface area (Å²) < 4.78 is 5.83. The Kier molecular flexibility index (Phi) is 11.5. The lowest BCUT2D eigenvalue weighted by Gasteiger charge is -2.26. The largest absolute Gasteiger partial charge is 0.490 e. The van der Waals surface area contributed by atoms with Crippen LogP contribution in [0, 0.1) is 0 Å². The van der Waals surface area contributed by atoms with Crippen LogP contribution >= 0.6 is 11.8 Å². The number of ether oxygens (including phenoxy) is 1. The average Bonchev–Trinajstić information content (AvgIpc) is 2.87. The number of hydrogen-bond donors (Lipinski definition) is 2. The van der Waals surface area contributed by atoms with Crippen molar-refractivity contribution in [3.63, 3.8) is 0 Å². The molecule has 1 fully saturated rings. The van der Waals surface area contributed by atoms with E-state index in [4.69, 9.17) is 4.74 Å². The molecule has 3 rings (SSSR count). The SMILES string of the molecule is O=C(CSCCNC(=O)c1ccccc1)NCC=CCOc1cccc(CN2CCCCC2)c1. The zero-order valence-electron chi connectivity index (χ0n) is 19.7. The number of nitrogens with one attached hydrogen (secondary N) is 2. The summed E-state index contributed by atoms with van der Waals surface area (Å²) in [7, 11) is 0. The summed E-state index contributed by atoms with van der Waals surface area (Å²) in [6.07, 6.45) is 7.76. The molecule has 0 aliphatic carbocycles. The van der Waals surface area contributed by atoms with Gasteiger partial charge in [-0.3, -0.25) is 14.5 Å². The van der Waals surface area contributed by atoms with E-state index in [1.807, 2.05) is 42.5 Å². The van der Waals surface area contributed by atoms with Gasteiger partial charge in [0.15, 0.2) is 0 Å². The van der Waals surface area contributed by atoms with Crippen molar-refractivity contribution >= 4 is 23.6 Å². The summed E-state index contributed by atoms with van der Waals surface area (Å²) in [5, 5.41) is 5.72. The van der Waals surface area contributed by atoms with Crippen molar-refractivity contribution in [1.29, 1.82) is 0 Å². The molecule has 2 N–H and O–H groups in total. The van der Waals surface area contributed by atoms with Crippen LogP contribution in [0.3, 0.4) is 0 Å². The Balaban J connectivity index is 1.21. The predicted octanol–water partition coefficient (Wildman–Crippen LogP) is 3.89. The van der Waals surface area contributed by atoms with Gasteiger partial charge in [-0.1, -0.05) is 42.8 Å². The fourth-order valence-corrected chi connectivity index (χ4v) is 4.40. The molecule has 0 spiro atoms. The second kappa shape index (κ2) is 15.2. The first-order valence-electron chi connectivity index (χ1n) is 12.0. The number of carbonyl (C=O) groups excluding carboxylic acids is 2. The van der Waals surface area contributed by atoms with Crippen LogP contribution < -0.4 is 15.4 Å². The molecule has 1 saturated heterocycles. The minimum absolute atomic E-state index is 0.0182. The van der Waals surface area contributed by atoms with Crippen molar-refractivity contribution in [3.05, 3.63) is 77.9 Å². The molecule has 2 aromatic carbocycles. The van der Waals surface area contributed by atoms with Gasteiger partial charge >= 0.3 is 0 Å². The maximum Gasteiger partial charge on any atom is 0.251 e. The summed E-state index contributed by atoms with van der Waals surface area (Å²) in [6, 6.07) is 17.4. The summed E-state index contributed by atoms with van der Waals surface area (Å²) in [5.41, 5.74) is 1.93. The van der Waals surface area contributed by atoms with Gasteiger partial charge in [0, 0.05) is 31.0 Å². The lowest BCUT2D eigenvalue weighted by molar-refractivity contribution is -0.118. The Morgan fingerprint density at radius 2 is 1.79 bits per heavy atom. The molecule has 1 aliphatic rings. The standard InChI is InChI=1S/C27H35N3O3S/c31-26(22-34-19-15-29-27(32)24-11-3-1-4-12-24)28-14-5-8-18-33-25-13-9-10-23(20-25)21-30-16-6-2-7-17-30/h1,3-5,8-13,20H,2,6-7,14-19,21-22H2,(H,28,31)(H,29,32). The molecular weight excluding hydrogens is 446 g/mol. The van der Waals surface area contributed by atoms with Crippen molar-refractivity contribution in [3.8, 4) is 5.75 Å². The minimum atomic E-state index is -0.0910. The first-order valence-corrected chi connectivity index (χ1v) is 13.1. The van der Waals surface area contributed by atoms with Crippen molar-refractivity contribution in [2.45, 2.75) is 25.8 Å². The lowest BCUT2D eigenvalue weighted by Crippen LogP contribution is -2.29. The van der Waals surface area contributed by atoms with Crippen LogP contribution in [0.25, 0.3) is 0 Å². The third-order valence-electron chi connectivity index (χ3n) is 5.48. The fourth-order valence-electron chi connectivity index (χ4n) is 3.72. The Labute approximate surface area is 207 Å². The number of hydrogen-bond acceptors (Lipinski definition) is 5. The van der Waals surface area contributed by atoms with E-state index >= 15 is 0 Å². The van der Waals surface area contributed by atoms with Gasteiger partial charge in [0.05, 0.1) is 5.75 Å². The van der Waals surface area contributed by atoms with Gasteiger partial charge in [-0.2, -0.15) is 11.8 Å². The van der Waals surface area contributed by atoms with E-state index in [1.165, 1.54) is 49.7 Å². The van der Waals surface area contributed by atoms with E-state index in [0.29, 0.717) is 36.8 Å². The number of nitrogens with zero attached hydrogens (tertiary/aromatic N) is 1. The van der Waals surface area contributed by atoms with Crippen LogP contribution in [0.2, 0.25) is 0 Å². The van der Waals surface area contributed by atoms with Gasteiger partial charge in [0.2, 0.25) is 5.91 Å². The molecule has 7 heteroatoms. The summed E-state index contributed by atoms with van der Waals surface area (Å²) >= 11 is 1.50. The molecular formula is C27H35N3O3S. The van der Waals surface area contributed by atoms with Crippen LogP contribution in [0.4, 0.5) is 0 Å². The predicted molar refractivity (Wildman–Crippen MR) is 139 cm³/mol. The van der Waals surface area contributed by atoms with Crippen molar-refractivity contribution < 1.29 is 14.3 Å². The zero-order valence-corrected chi connectivity index (χ0v) is 20.5. The number of carbonyl (C=O) groups is 2. The first kappa shape index (κ1) is 25.8. The average molecular weight is 482 g/mol. The van der Waals surface area contributed by atoms with Gasteiger partial charge < -0.3 is 15.4 Å². The molecule has 0 bridgehead atoms. The minimum Gasteiger partial charge on any atom is -0.490 e. The third kappa shape index (κ3) is 10.0. The van der Waals surface area contributed by atoms with Crippen LogP contribution in [-0.4, -0.2) is 61.0 Å². The van der Waals surface area contributed by atoms with E-state index in [2.05, 4.69) is 27.7 Å². The number of thioether (sulfide) groups is 1. The highest BCUT2D eigenvalue weighted by atomic mass is 32.2. The molecule has 34 heavy (non-hydrogen) atoms. The monoisotopic (exact) mass is 481 g/mol. The molecule has 0 aromatic heterocycles. The molecule has 0 atom stereocenters. The number of likely N-dealkylation sites (tertiary alicyclic amines) is 1. The molecule has 182 valence electrons. The number of piperidine rings is 1. The van der Waals surface area contributed by atoms with Crippen molar-refractivity contribution in [2.75, 3.05) is 44.3 Å². The highest BCUT2D eigenvalue weighted by Gasteiger charge is 2.10. The van der Waals surface area contributed by atoms with Gasteiger partial charge in [-0.25, -0.2) is 0 Å². The summed E-state index contributed by atoms with van der Waals surface area (Å²) in [5.74, 6) is 1.82. The van der Waals surface area contributed by atoms with E-state index < -0.39 is 0 Å². The Bertz CT molecular complexity index is 914. The van der Waals surface area contributed by atoms with E-state index in [9.17, 15) is 9.59 Å². The van der Waals surface area contributed by atoms with Gasteiger partial charge in [-0.15, -0.1) is 0 Å². The number of rotatable bonds is 13. The number of benzene rings is 2. The van der Waals surface area contributed by atoms with Crippen LogP contribution in [-0.2, 0) is 11.3 Å². The molecule has 0 saturated carbocycles. The van der Waals surface area contributed by atoms with E-state index in [1.54, 1.807) is 12.1 Å². The smallest absolute Gasteiger partial charge is 0.251 e. The molecule has 2 aromatic rings. The van der Waals surface area contributed by atoms with Gasteiger partial charge in [0.1, 0.15) is 12.4 Å². The highest BCUT2D eigenvalue weighted by molar-refractivity contribution is 7.99. The maximum absolute atomic E-state index is 11.9. The Hall–Kier alpha value is -2.77. The second-order valence-electron chi connectivity index (χ2n) is 8.25. The molecule has 0 radical (unpaired) electrons. The van der Waals surface area contributed by atoms with Crippen LogP contribution in [0.5, 0.6) is 5.75 Å². The van der Waals surface area contributed by atoms with Crippen molar-refractivity contribution in [1.82, 2.24) is 15.5 Å². The normalized spacial score (nSPS) is 14.1. The third-order valence-corrected chi connectivity index (χ3v) is 6.44. The fraction of sp³-hybridized carbons (Fsp3) is 0.407. The van der Waals surface area contributed by atoms with Crippen LogP contribution in [0.1, 0.15) is 35.2 Å². The number of amides is 2. The van der Waals surface area contributed by atoms with Crippen LogP contribution in [0.15, 0.2) is 66.7 Å². The molecule has 1 heterocycles. The topological polar surface area (TPSA) is 70.7 Å². The quantitative estimate of drug-likeness (QED) is 0.336. The summed E-state index contributed by atoms with van der Waals surface area (Å²) in [6.45, 7) is 4.83. The Morgan fingerprint density at radius 3 is 2.62 bits per heavy atom. The van der Waals surface area contributed by atoms with Gasteiger partial charge in [-0.05, 0) is 61.8 Å². The Morgan fingerprint density at radius 1 is 0.971 bits per heavy atom. The van der Waals surface area contributed by atoms with Crippen molar-refractivity contribution in [2.24, 2.45) is 0 Å². The maximum atomic E-state index is 11.9. The second-order valence-corrected chi connectivity index (χ2v) is 9.35. The first-order chi connectivity index (χ1) is 16.7. The molecule has 0 unspecified atom stereocenters. The summed E-state index contributed by atoms with van der Waals surface area (Å²) in [4.78, 5) is 26.4. The van der Waals surface area contributed by atoms with Gasteiger partial charge in [0.25, 0.3) is 5.91 Å².